The average Bonchev–Trinajstić information content (AvgIpc) is 2.79. The molecule has 3 rings (SSSR count). The largest absolute Gasteiger partial charge is 0.354 e. The molecule has 0 bridgehead atoms. The molecule has 5 nitrogen and oxygen atoms in total. The van der Waals surface area contributed by atoms with Crippen LogP contribution in [0.5, 0.6) is 0 Å². The minimum Gasteiger partial charge on any atom is -0.354 e. The van der Waals surface area contributed by atoms with E-state index in [0.29, 0.717) is 22.8 Å². The molecule has 0 aromatic heterocycles. The maximum absolute atomic E-state index is 13.5. The predicted octanol–water partition coefficient (Wildman–Crippen LogP) is 5.51. The minimum absolute atomic E-state index is 0.133. The molecule has 3 aromatic rings. The lowest BCUT2D eigenvalue weighted by atomic mass is 10.1. The van der Waals surface area contributed by atoms with Crippen LogP contribution in [0.1, 0.15) is 22.3 Å². The highest BCUT2D eigenvalue weighted by atomic mass is 35.5. The summed E-state index contributed by atoms with van der Waals surface area (Å²) in [5.74, 6) is 1.23. The van der Waals surface area contributed by atoms with E-state index in [1.807, 2.05) is 19.1 Å². The molecule has 0 saturated carbocycles. The number of halogens is 1. The number of anilines is 1. The van der Waals surface area contributed by atoms with Gasteiger partial charge in [0.2, 0.25) is 5.91 Å². The van der Waals surface area contributed by atoms with E-state index in [0.717, 1.165) is 21.4 Å². The summed E-state index contributed by atoms with van der Waals surface area (Å²) >= 11 is 7.80. The molecule has 0 fully saturated rings. The molecule has 3 aromatic carbocycles. The van der Waals surface area contributed by atoms with E-state index in [1.54, 1.807) is 61.2 Å². The van der Waals surface area contributed by atoms with Crippen molar-refractivity contribution in [3.63, 3.8) is 0 Å². The van der Waals surface area contributed by atoms with Crippen LogP contribution in [0.2, 0.25) is 5.02 Å². The van der Waals surface area contributed by atoms with E-state index >= 15 is 0 Å². The van der Waals surface area contributed by atoms with Gasteiger partial charge in [0, 0.05) is 23.1 Å². The summed E-state index contributed by atoms with van der Waals surface area (Å²) in [6.45, 7) is 5.88. The number of hydrogen-bond acceptors (Lipinski definition) is 4. The first-order valence-corrected chi connectivity index (χ1v) is 13.9. The van der Waals surface area contributed by atoms with Crippen molar-refractivity contribution in [2.75, 3.05) is 23.1 Å². The van der Waals surface area contributed by atoms with Crippen LogP contribution in [0.25, 0.3) is 0 Å². The number of amides is 1. The highest BCUT2D eigenvalue weighted by Crippen LogP contribution is 2.29. The second-order valence-electron chi connectivity index (χ2n) is 8.08. The first-order valence-electron chi connectivity index (χ1n) is 10.9. The lowest BCUT2D eigenvalue weighted by molar-refractivity contribution is -0.119. The molecule has 1 amide bonds. The van der Waals surface area contributed by atoms with Crippen LogP contribution in [-0.2, 0) is 20.6 Å². The van der Waals surface area contributed by atoms with Gasteiger partial charge in [-0.2, -0.15) is 11.8 Å². The second kappa shape index (κ2) is 11.8. The Labute approximate surface area is 211 Å². The van der Waals surface area contributed by atoms with Gasteiger partial charge in [-0.25, -0.2) is 8.42 Å². The molecule has 0 aliphatic rings. The molecule has 0 aliphatic carbocycles. The van der Waals surface area contributed by atoms with Crippen LogP contribution in [0.3, 0.4) is 0 Å². The molecule has 180 valence electrons. The molecule has 8 heteroatoms. The first-order chi connectivity index (χ1) is 16.2. The number of benzene rings is 3. The molecule has 0 unspecified atom stereocenters. The standard InChI is InChI=1S/C26H29ClN2O3S2/c1-19-8-11-24(12-9-19)34(31,32)29(25-13-10-23(27)16-21(25)3)17-26(30)28-14-15-33-18-22-7-5-4-6-20(22)2/h4-13,16H,14-15,17-18H2,1-3H3,(H,28,30). The van der Waals surface area contributed by atoms with Crippen LogP contribution in [0.15, 0.2) is 71.6 Å². The number of rotatable bonds is 10. The highest BCUT2D eigenvalue weighted by Gasteiger charge is 2.28. The summed E-state index contributed by atoms with van der Waals surface area (Å²) in [7, 11) is -3.95. The minimum atomic E-state index is -3.95. The van der Waals surface area contributed by atoms with E-state index in [2.05, 4.69) is 24.4 Å². The predicted molar refractivity (Wildman–Crippen MR) is 142 cm³/mol. The third-order valence-electron chi connectivity index (χ3n) is 5.41. The van der Waals surface area contributed by atoms with Gasteiger partial charge in [-0.3, -0.25) is 9.10 Å². The van der Waals surface area contributed by atoms with Crippen molar-refractivity contribution in [3.8, 4) is 0 Å². The van der Waals surface area contributed by atoms with E-state index in [1.165, 1.54) is 11.1 Å². The summed E-state index contributed by atoms with van der Waals surface area (Å²) in [6.07, 6.45) is 0. The molecule has 34 heavy (non-hydrogen) atoms. The lowest BCUT2D eigenvalue weighted by Crippen LogP contribution is -2.41. The molecule has 0 atom stereocenters. The quantitative estimate of drug-likeness (QED) is 0.361. The number of nitrogens with zero attached hydrogens (tertiary/aromatic N) is 1. The van der Waals surface area contributed by atoms with Crippen LogP contribution in [0.4, 0.5) is 5.69 Å². The zero-order valence-electron chi connectivity index (χ0n) is 19.5. The lowest BCUT2D eigenvalue weighted by Gasteiger charge is -2.26. The van der Waals surface area contributed by atoms with Gasteiger partial charge in [0.05, 0.1) is 10.6 Å². The molecule has 1 N–H and O–H groups in total. The van der Waals surface area contributed by atoms with E-state index in [4.69, 9.17) is 11.6 Å². The van der Waals surface area contributed by atoms with E-state index in [9.17, 15) is 13.2 Å². The zero-order chi connectivity index (χ0) is 24.7. The maximum Gasteiger partial charge on any atom is 0.264 e. The van der Waals surface area contributed by atoms with Crippen molar-refractivity contribution in [2.24, 2.45) is 0 Å². The number of hydrogen-bond donors (Lipinski definition) is 1. The fourth-order valence-corrected chi connectivity index (χ4v) is 6.09. The fourth-order valence-electron chi connectivity index (χ4n) is 3.44. The number of aryl methyl sites for hydroxylation is 3. The van der Waals surface area contributed by atoms with Gasteiger partial charge in [0.15, 0.2) is 0 Å². The Morgan fingerprint density at radius 2 is 1.68 bits per heavy atom. The summed E-state index contributed by atoms with van der Waals surface area (Å²) < 4.78 is 28.1. The number of carbonyl (C=O) groups excluding carboxylic acids is 1. The van der Waals surface area contributed by atoms with Crippen molar-refractivity contribution in [1.29, 1.82) is 0 Å². The zero-order valence-corrected chi connectivity index (χ0v) is 21.9. The normalized spacial score (nSPS) is 11.3. The Hall–Kier alpha value is -2.48. The average molecular weight is 517 g/mol. The Balaban J connectivity index is 1.69. The second-order valence-corrected chi connectivity index (χ2v) is 11.5. The molecule has 0 radical (unpaired) electrons. The molecule has 0 saturated heterocycles. The van der Waals surface area contributed by atoms with Crippen molar-refractivity contribution in [2.45, 2.75) is 31.4 Å². The SMILES string of the molecule is Cc1ccc(S(=O)(=O)N(CC(=O)NCCSCc2ccccc2C)c2ccc(Cl)cc2C)cc1. The van der Waals surface area contributed by atoms with Crippen LogP contribution < -0.4 is 9.62 Å². The van der Waals surface area contributed by atoms with Crippen molar-refractivity contribution in [1.82, 2.24) is 5.32 Å². The van der Waals surface area contributed by atoms with Crippen LogP contribution in [0, 0.1) is 20.8 Å². The van der Waals surface area contributed by atoms with Crippen molar-refractivity contribution < 1.29 is 13.2 Å². The fraction of sp³-hybridized carbons (Fsp3) is 0.269. The maximum atomic E-state index is 13.5. The summed E-state index contributed by atoms with van der Waals surface area (Å²) in [6, 6.07) is 19.8. The van der Waals surface area contributed by atoms with Crippen LogP contribution in [-0.4, -0.2) is 33.2 Å². The Bertz CT molecular complexity index is 1250. The molecular weight excluding hydrogens is 488 g/mol. The van der Waals surface area contributed by atoms with Gasteiger partial charge in [-0.1, -0.05) is 53.6 Å². The van der Waals surface area contributed by atoms with Gasteiger partial charge in [-0.15, -0.1) is 0 Å². The van der Waals surface area contributed by atoms with Gasteiger partial charge < -0.3 is 5.32 Å². The number of nitrogens with one attached hydrogen (secondary N) is 1. The van der Waals surface area contributed by atoms with Gasteiger partial charge >= 0.3 is 0 Å². The summed E-state index contributed by atoms with van der Waals surface area (Å²) in [5.41, 5.74) is 4.56. The molecule has 0 spiro atoms. The third-order valence-corrected chi connectivity index (χ3v) is 8.43. The van der Waals surface area contributed by atoms with E-state index in [-0.39, 0.29) is 17.3 Å². The van der Waals surface area contributed by atoms with Gasteiger partial charge in [-0.05, 0) is 67.8 Å². The van der Waals surface area contributed by atoms with Gasteiger partial charge in [0.25, 0.3) is 10.0 Å². The van der Waals surface area contributed by atoms with Crippen molar-refractivity contribution in [3.05, 3.63) is 94.0 Å². The molecular formula is C26H29ClN2O3S2. The van der Waals surface area contributed by atoms with Crippen molar-refractivity contribution >= 4 is 45.0 Å². The number of thioether (sulfide) groups is 1. The first kappa shape index (κ1) is 26.1. The third kappa shape index (κ3) is 6.78. The number of carbonyl (C=O) groups is 1. The Morgan fingerprint density at radius 3 is 2.35 bits per heavy atom. The summed E-state index contributed by atoms with van der Waals surface area (Å²) in [5, 5.41) is 3.36. The Kier molecular flexibility index (Phi) is 9.05. The monoisotopic (exact) mass is 516 g/mol. The molecule has 0 aliphatic heterocycles. The Morgan fingerprint density at radius 1 is 0.971 bits per heavy atom. The number of sulfonamides is 1. The topological polar surface area (TPSA) is 66.5 Å². The van der Waals surface area contributed by atoms with Gasteiger partial charge in [0.1, 0.15) is 6.54 Å². The van der Waals surface area contributed by atoms with Crippen LogP contribution >= 0.6 is 23.4 Å². The highest BCUT2D eigenvalue weighted by molar-refractivity contribution is 7.98. The molecule has 0 heterocycles. The summed E-state index contributed by atoms with van der Waals surface area (Å²) in [4.78, 5) is 12.9. The van der Waals surface area contributed by atoms with E-state index < -0.39 is 10.0 Å². The smallest absolute Gasteiger partial charge is 0.264 e.